The van der Waals surface area contributed by atoms with Crippen molar-refractivity contribution in [2.75, 3.05) is 7.05 Å². The molecule has 1 aliphatic carbocycles. The number of nitrogens with zero attached hydrogens (tertiary/aromatic N) is 1. The number of benzene rings is 1. The van der Waals surface area contributed by atoms with E-state index in [1.807, 2.05) is 12.1 Å². The van der Waals surface area contributed by atoms with Crippen LogP contribution in [-0.2, 0) is 6.54 Å². The van der Waals surface area contributed by atoms with E-state index in [1.54, 1.807) is 0 Å². The SMILES string of the molecule is CN(Cc1cccc(C(N)=S)c1)C1CCC1. The molecule has 0 amide bonds. The number of nitrogens with two attached hydrogens (primary N) is 1. The second kappa shape index (κ2) is 4.93. The van der Waals surface area contributed by atoms with Crippen molar-refractivity contribution in [3.05, 3.63) is 35.4 Å². The number of rotatable bonds is 4. The van der Waals surface area contributed by atoms with E-state index in [0.29, 0.717) is 4.99 Å². The molecule has 0 saturated heterocycles. The van der Waals surface area contributed by atoms with Gasteiger partial charge in [-0.15, -0.1) is 0 Å². The normalized spacial score (nSPS) is 16.1. The van der Waals surface area contributed by atoms with Crippen molar-refractivity contribution in [2.24, 2.45) is 5.73 Å². The summed E-state index contributed by atoms with van der Waals surface area (Å²) < 4.78 is 0. The average Bonchev–Trinajstić information content (AvgIpc) is 2.15. The summed E-state index contributed by atoms with van der Waals surface area (Å²) in [5.41, 5.74) is 7.89. The van der Waals surface area contributed by atoms with Crippen LogP contribution in [0.4, 0.5) is 0 Å². The third kappa shape index (κ3) is 2.60. The first kappa shape index (κ1) is 11.6. The van der Waals surface area contributed by atoms with Gasteiger partial charge in [-0.25, -0.2) is 0 Å². The Kier molecular flexibility index (Phi) is 3.56. The van der Waals surface area contributed by atoms with Crippen molar-refractivity contribution >= 4 is 17.2 Å². The molecule has 3 heteroatoms. The van der Waals surface area contributed by atoms with Gasteiger partial charge in [0.05, 0.1) is 0 Å². The fourth-order valence-corrected chi connectivity index (χ4v) is 2.19. The van der Waals surface area contributed by atoms with E-state index in [9.17, 15) is 0 Å². The molecule has 1 aromatic carbocycles. The van der Waals surface area contributed by atoms with Crippen LogP contribution >= 0.6 is 12.2 Å². The molecule has 1 fully saturated rings. The van der Waals surface area contributed by atoms with Crippen LogP contribution in [0.3, 0.4) is 0 Å². The molecule has 0 unspecified atom stereocenters. The van der Waals surface area contributed by atoms with Crippen molar-refractivity contribution in [3.8, 4) is 0 Å². The fraction of sp³-hybridized carbons (Fsp3) is 0.462. The number of hydrogen-bond acceptors (Lipinski definition) is 2. The van der Waals surface area contributed by atoms with Crippen LogP contribution < -0.4 is 5.73 Å². The summed E-state index contributed by atoms with van der Waals surface area (Å²) in [5.74, 6) is 0. The monoisotopic (exact) mass is 234 g/mol. The Hall–Kier alpha value is -0.930. The molecule has 16 heavy (non-hydrogen) atoms. The highest BCUT2D eigenvalue weighted by atomic mass is 32.1. The van der Waals surface area contributed by atoms with Crippen LogP contribution in [0.2, 0.25) is 0 Å². The van der Waals surface area contributed by atoms with Gasteiger partial charge >= 0.3 is 0 Å². The van der Waals surface area contributed by atoms with Crippen molar-refractivity contribution in [1.29, 1.82) is 0 Å². The molecule has 2 N–H and O–H groups in total. The molecule has 0 atom stereocenters. The Balaban J connectivity index is 2.02. The fourth-order valence-electron chi connectivity index (χ4n) is 2.07. The minimum atomic E-state index is 0.480. The van der Waals surface area contributed by atoms with E-state index in [-0.39, 0.29) is 0 Å². The van der Waals surface area contributed by atoms with Crippen LogP contribution in [0, 0.1) is 0 Å². The summed E-state index contributed by atoms with van der Waals surface area (Å²) >= 11 is 4.99. The van der Waals surface area contributed by atoms with Gasteiger partial charge in [-0.3, -0.25) is 4.90 Å². The smallest absolute Gasteiger partial charge is 0.103 e. The Bertz CT molecular complexity index is 385. The average molecular weight is 234 g/mol. The molecule has 2 nitrogen and oxygen atoms in total. The first-order valence-electron chi connectivity index (χ1n) is 5.76. The topological polar surface area (TPSA) is 29.3 Å². The van der Waals surface area contributed by atoms with Crippen LogP contribution in [-0.4, -0.2) is 23.0 Å². The highest BCUT2D eigenvalue weighted by molar-refractivity contribution is 7.80. The van der Waals surface area contributed by atoms with E-state index in [0.717, 1.165) is 18.2 Å². The predicted octanol–water partition coefficient (Wildman–Crippen LogP) is 2.31. The van der Waals surface area contributed by atoms with Gasteiger partial charge in [0, 0.05) is 18.2 Å². The zero-order chi connectivity index (χ0) is 11.5. The zero-order valence-corrected chi connectivity index (χ0v) is 10.5. The lowest BCUT2D eigenvalue weighted by Crippen LogP contribution is -2.36. The summed E-state index contributed by atoms with van der Waals surface area (Å²) in [6, 6.07) is 9.00. The molecular formula is C13H18N2S. The standard InChI is InChI=1S/C13H18N2S/c1-15(12-6-3-7-12)9-10-4-2-5-11(8-10)13(14)16/h2,4-5,8,12H,3,6-7,9H2,1H3,(H2,14,16). The van der Waals surface area contributed by atoms with Gasteiger partial charge in [-0.1, -0.05) is 36.8 Å². The lowest BCUT2D eigenvalue weighted by Gasteiger charge is -2.34. The Morgan fingerprint density at radius 3 is 2.81 bits per heavy atom. The Morgan fingerprint density at radius 2 is 2.25 bits per heavy atom. The van der Waals surface area contributed by atoms with Crippen molar-refractivity contribution in [3.63, 3.8) is 0 Å². The van der Waals surface area contributed by atoms with Crippen molar-refractivity contribution < 1.29 is 0 Å². The highest BCUT2D eigenvalue weighted by Gasteiger charge is 2.21. The second-order valence-electron chi connectivity index (χ2n) is 4.56. The molecule has 2 rings (SSSR count). The van der Waals surface area contributed by atoms with Gasteiger partial charge in [0.2, 0.25) is 0 Å². The predicted molar refractivity (Wildman–Crippen MR) is 71.4 cm³/mol. The molecule has 0 bridgehead atoms. The van der Waals surface area contributed by atoms with Gasteiger partial charge in [0.15, 0.2) is 0 Å². The zero-order valence-electron chi connectivity index (χ0n) is 9.65. The van der Waals surface area contributed by atoms with Gasteiger partial charge in [0.1, 0.15) is 4.99 Å². The molecular weight excluding hydrogens is 216 g/mol. The van der Waals surface area contributed by atoms with E-state index in [4.69, 9.17) is 18.0 Å². The molecule has 0 heterocycles. The Labute approximate surface area is 102 Å². The van der Waals surface area contributed by atoms with Crippen molar-refractivity contribution in [1.82, 2.24) is 4.90 Å². The van der Waals surface area contributed by atoms with E-state index < -0.39 is 0 Å². The summed E-state index contributed by atoms with van der Waals surface area (Å²) in [5, 5.41) is 0. The maximum Gasteiger partial charge on any atom is 0.103 e. The molecule has 86 valence electrons. The van der Waals surface area contributed by atoms with Gasteiger partial charge < -0.3 is 5.73 Å². The lowest BCUT2D eigenvalue weighted by atomic mass is 9.91. The van der Waals surface area contributed by atoms with Gasteiger partial charge in [-0.2, -0.15) is 0 Å². The minimum absolute atomic E-state index is 0.480. The number of thiocarbonyl (C=S) groups is 1. The van der Waals surface area contributed by atoms with Crippen LogP contribution in [0.15, 0.2) is 24.3 Å². The summed E-state index contributed by atoms with van der Waals surface area (Å²) in [6.07, 6.45) is 4.05. The third-order valence-corrected chi connectivity index (χ3v) is 3.58. The lowest BCUT2D eigenvalue weighted by molar-refractivity contribution is 0.152. The second-order valence-corrected chi connectivity index (χ2v) is 5.00. The van der Waals surface area contributed by atoms with Crippen LogP contribution in [0.25, 0.3) is 0 Å². The first-order valence-corrected chi connectivity index (χ1v) is 6.16. The molecule has 0 aliphatic heterocycles. The van der Waals surface area contributed by atoms with Crippen LogP contribution in [0.5, 0.6) is 0 Å². The van der Waals surface area contributed by atoms with E-state index in [2.05, 4.69) is 24.1 Å². The molecule has 1 saturated carbocycles. The largest absolute Gasteiger partial charge is 0.389 e. The Morgan fingerprint density at radius 1 is 1.50 bits per heavy atom. The molecule has 0 spiro atoms. The first-order chi connectivity index (χ1) is 7.66. The summed E-state index contributed by atoms with van der Waals surface area (Å²) in [6.45, 7) is 0.987. The quantitative estimate of drug-likeness (QED) is 0.811. The molecule has 1 aliphatic rings. The minimum Gasteiger partial charge on any atom is -0.389 e. The molecule has 0 aromatic heterocycles. The summed E-state index contributed by atoms with van der Waals surface area (Å²) in [7, 11) is 2.19. The maximum absolute atomic E-state index is 5.63. The maximum atomic E-state index is 5.63. The number of hydrogen-bond donors (Lipinski definition) is 1. The molecule has 1 aromatic rings. The van der Waals surface area contributed by atoms with E-state index in [1.165, 1.54) is 24.8 Å². The van der Waals surface area contributed by atoms with Gasteiger partial charge in [0.25, 0.3) is 0 Å². The van der Waals surface area contributed by atoms with E-state index >= 15 is 0 Å². The molecule has 0 radical (unpaired) electrons. The van der Waals surface area contributed by atoms with Gasteiger partial charge in [-0.05, 0) is 31.5 Å². The van der Waals surface area contributed by atoms with Crippen LogP contribution in [0.1, 0.15) is 30.4 Å². The highest BCUT2D eigenvalue weighted by Crippen LogP contribution is 2.24. The van der Waals surface area contributed by atoms with Crippen molar-refractivity contribution in [2.45, 2.75) is 31.8 Å². The third-order valence-electron chi connectivity index (χ3n) is 3.34. The summed E-state index contributed by atoms with van der Waals surface area (Å²) in [4.78, 5) is 2.90.